The Hall–Kier alpha value is -2.30. The van der Waals surface area contributed by atoms with Crippen LogP contribution in [0.5, 0.6) is 5.75 Å². The van der Waals surface area contributed by atoms with Crippen molar-refractivity contribution in [2.45, 2.75) is 13.3 Å². The summed E-state index contributed by atoms with van der Waals surface area (Å²) in [5, 5.41) is 18.1. The van der Waals surface area contributed by atoms with Crippen molar-refractivity contribution in [2.24, 2.45) is 0 Å². The Morgan fingerprint density at radius 3 is 2.88 bits per heavy atom. The van der Waals surface area contributed by atoms with Gasteiger partial charge >= 0.3 is 5.97 Å². The second-order valence-corrected chi connectivity index (χ2v) is 3.78. The number of hydrogen-bond donors (Lipinski definition) is 3. The molecule has 1 aromatic heterocycles. The molecule has 3 N–H and O–H groups in total. The zero-order valence-corrected chi connectivity index (χ0v) is 9.27. The first-order valence-electron chi connectivity index (χ1n) is 5.13. The first-order valence-corrected chi connectivity index (χ1v) is 5.13. The minimum atomic E-state index is -0.929. The molecule has 0 fully saturated rings. The van der Waals surface area contributed by atoms with E-state index in [0.29, 0.717) is 11.5 Å². The molecule has 88 valence electrons. The Morgan fingerprint density at radius 2 is 2.24 bits per heavy atom. The molecule has 0 spiro atoms. The van der Waals surface area contributed by atoms with Gasteiger partial charge in [-0.2, -0.15) is 0 Å². The van der Waals surface area contributed by atoms with E-state index in [2.05, 4.69) is 9.97 Å². The maximum Gasteiger partial charge on any atom is 0.311 e. The number of aliphatic carboxylic acids is 1. The maximum atomic E-state index is 10.6. The van der Waals surface area contributed by atoms with Crippen molar-refractivity contribution in [3.05, 3.63) is 35.8 Å². The third-order valence-electron chi connectivity index (χ3n) is 2.37. The van der Waals surface area contributed by atoms with Crippen LogP contribution in [0.15, 0.2) is 24.3 Å². The summed E-state index contributed by atoms with van der Waals surface area (Å²) in [7, 11) is 0. The van der Waals surface area contributed by atoms with Crippen LogP contribution in [0, 0.1) is 6.92 Å². The van der Waals surface area contributed by atoms with Gasteiger partial charge in [0, 0.05) is 11.3 Å². The number of aromatic nitrogens is 2. The van der Waals surface area contributed by atoms with Gasteiger partial charge in [-0.15, -0.1) is 0 Å². The average Bonchev–Trinajstić information content (AvgIpc) is 2.58. The van der Waals surface area contributed by atoms with Crippen LogP contribution in [0.4, 0.5) is 0 Å². The summed E-state index contributed by atoms with van der Waals surface area (Å²) in [4.78, 5) is 17.7. The van der Waals surface area contributed by atoms with Crippen LogP contribution < -0.4 is 0 Å². The molecule has 5 heteroatoms. The second kappa shape index (κ2) is 4.29. The van der Waals surface area contributed by atoms with Gasteiger partial charge in [0.15, 0.2) is 0 Å². The number of phenols is 1. The van der Waals surface area contributed by atoms with Gasteiger partial charge < -0.3 is 15.2 Å². The summed E-state index contributed by atoms with van der Waals surface area (Å²) in [5.74, 6) is -0.362. The quantitative estimate of drug-likeness (QED) is 0.752. The lowest BCUT2D eigenvalue weighted by molar-refractivity contribution is -0.136. The summed E-state index contributed by atoms with van der Waals surface area (Å²) < 4.78 is 0. The highest BCUT2D eigenvalue weighted by atomic mass is 16.4. The van der Waals surface area contributed by atoms with Crippen LogP contribution in [0.25, 0.3) is 11.3 Å². The molecule has 2 aromatic rings. The van der Waals surface area contributed by atoms with E-state index >= 15 is 0 Å². The molecule has 0 saturated carbocycles. The smallest absolute Gasteiger partial charge is 0.311 e. The molecule has 0 aliphatic carbocycles. The number of aryl methyl sites for hydroxylation is 1. The maximum absolute atomic E-state index is 10.6. The van der Waals surface area contributed by atoms with E-state index in [1.165, 1.54) is 0 Å². The molecule has 2 rings (SSSR count). The number of aromatic amines is 1. The Kier molecular flexibility index (Phi) is 2.82. The molecule has 0 bridgehead atoms. The number of aromatic hydroxyl groups is 1. The highest BCUT2D eigenvalue weighted by molar-refractivity contribution is 5.70. The van der Waals surface area contributed by atoms with E-state index in [-0.39, 0.29) is 12.2 Å². The molecule has 1 aromatic carbocycles. The van der Waals surface area contributed by atoms with Crippen LogP contribution >= 0.6 is 0 Å². The lowest BCUT2D eigenvalue weighted by Crippen LogP contribution is -2.01. The van der Waals surface area contributed by atoms with Gasteiger partial charge in [0.2, 0.25) is 0 Å². The number of H-pyrrole nitrogens is 1. The van der Waals surface area contributed by atoms with Crippen LogP contribution in [-0.4, -0.2) is 26.2 Å². The zero-order chi connectivity index (χ0) is 12.4. The van der Waals surface area contributed by atoms with Gasteiger partial charge in [0.25, 0.3) is 0 Å². The fourth-order valence-electron chi connectivity index (χ4n) is 1.68. The van der Waals surface area contributed by atoms with Crippen molar-refractivity contribution in [2.75, 3.05) is 0 Å². The highest BCUT2D eigenvalue weighted by Gasteiger charge is 2.11. The van der Waals surface area contributed by atoms with Crippen LogP contribution in [0.1, 0.15) is 11.5 Å². The van der Waals surface area contributed by atoms with Crippen molar-refractivity contribution in [3.63, 3.8) is 0 Å². The molecule has 0 aliphatic heterocycles. The van der Waals surface area contributed by atoms with Gasteiger partial charge in [-0.3, -0.25) is 4.79 Å². The van der Waals surface area contributed by atoms with Gasteiger partial charge in [-0.25, -0.2) is 4.98 Å². The number of carboxylic acid groups (broad SMARTS) is 1. The number of benzene rings is 1. The third kappa shape index (κ3) is 2.44. The van der Waals surface area contributed by atoms with Crippen LogP contribution in [0.2, 0.25) is 0 Å². The first-order chi connectivity index (χ1) is 8.06. The Balaban J connectivity index is 2.39. The standard InChI is InChI=1S/C12H12N2O3/c1-7-12(8-3-2-4-9(15)5-8)14-10(13-7)6-11(16)17/h2-5,15H,6H2,1H3,(H,13,14)(H,16,17). The van der Waals surface area contributed by atoms with Gasteiger partial charge in [-0.1, -0.05) is 12.1 Å². The monoisotopic (exact) mass is 232 g/mol. The van der Waals surface area contributed by atoms with Gasteiger partial charge in [0.1, 0.15) is 18.0 Å². The summed E-state index contributed by atoms with van der Waals surface area (Å²) in [6, 6.07) is 6.69. The summed E-state index contributed by atoms with van der Waals surface area (Å²) in [6.45, 7) is 1.82. The number of carboxylic acids is 1. The molecule has 0 unspecified atom stereocenters. The van der Waals surface area contributed by atoms with Crippen molar-refractivity contribution in [1.29, 1.82) is 0 Å². The predicted octanol–water partition coefficient (Wildman–Crippen LogP) is 1.72. The molecule has 17 heavy (non-hydrogen) atoms. The molecule has 0 aliphatic rings. The summed E-state index contributed by atoms with van der Waals surface area (Å²) in [5.41, 5.74) is 2.21. The molecule has 0 atom stereocenters. The zero-order valence-electron chi connectivity index (χ0n) is 9.27. The topological polar surface area (TPSA) is 86.2 Å². The Bertz CT molecular complexity index is 561. The first kappa shape index (κ1) is 11.2. The van der Waals surface area contributed by atoms with E-state index in [9.17, 15) is 9.90 Å². The van der Waals surface area contributed by atoms with E-state index < -0.39 is 5.97 Å². The molecule has 0 radical (unpaired) electrons. The van der Waals surface area contributed by atoms with Crippen molar-refractivity contribution < 1.29 is 15.0 Å². The van der Waals surface area contributed by atoms with E-state index in [0.717, 1.165) is 11.3 Å². The lowest BCUT2D eigenvalue weighted by atomic mass is 10.1. The normalized spacial score (nSPS) is 10.4. The number of rotatable bonds is 3. The number of nitrogens with one attached hydrogen (secondary N) is 1. The SMILES string of the molecule is Cc1[nH]c(CC(=O)O)nc1-c1cccc(O)c1. The van der Waals surface area contributed by atoms with Crippen molar-refractivity contribution in [1.82, 2.24) is 9.97 Å². The molecule has 1 heterocycles. The van der Waals surface area contributed by atoms with Crippen LogP contribution in [0.3, 0.4) is 0 Å². The lowest BCUT2D eigenvalue weighted by Gasteiger charge is -1.98. The fraction of sp³-hybridized carbons (Fsp3) is 0.167. The molecule has 0 amide bonds. The Labute approximate surface area is 97.8 Å². The molecule has 0 saturated heterocycles. The van der Waals surface area contributed by atoms with E-state index in [1.54, 1.807) is 18.2 Å². The van der Waals surface area contributed by atoms with E-state index in [4.69, 9.17) is 5.11 Å². The average molecular weight is 232 g/mol. The van der Waals surface area contributed by atoms with Crippen molar-refractivity contribution in [3.8, 4) is 17.0 Å². The number of carbonyl (C=O) groups is 1. The largest absolute Gasteiger partial charge is 0.508 e. The second-order valence-electron chi connectivity index (χ2n) is 3.78. The summed E-state index contributed by atoms with van der Waals surface area (Å²) >= 11 is 0. The van der Waals surface area contributed by atoms with Gasteiger partial charge in [-0.05, 0) is 19.1 Å². The third-order valence-corrected chi connectivity index (χ3v) is 2.37. The summed E-state index contributed by atoms with van der Waals surface area (Å²) in [6.07, 6.45) is -0.139. The Morgan fingerprint density at radius 1 is 1.47 bits per heavy atom. The minimum Gasteiger partial charge on any atom is -0.508 e. The fourth-order valence-corrected chi connectivity index (χ4v) is 1.68. The van der Waals surface area contributed by atoms with Gasteiger partial charge in [0.05, 0.1) is 5.69 Å². The number of phenolic OH excluding ortho intramolecular Hbond substituents is 1. The number of nitrogens with zero attached hydrogens (tertiary/aromatic N) is 1. The number of hydrogen-bond acceptors (Lipinski definition) is 3. The van der Waals surface area contributed by atoms with Crippen molar-refractivity contribution >= 4 is 5.97 Å². The molecular formula is C12H12N2O3. The molecular weight excluding hydrogens is 220 g/mol. The van der Waals surface area contributed by atoms with E-state index in [1.807, 2.05) is 13.0 Å². The van der Waals surface area contributed by atoms with Crippen LogP contribution in [-0.2, 0) is 11.2 Å². The predicted molar refractivity (Wildman–Crippen MR) is 61.8 cm³/mol. The highest BCUT2D eigenvalue weighted by Crippen LogP contribution is 2.24. The number of imidazole rings is 1. The minimum absolute atomic E-state index is 0.139. The molecule has 5 nitrogen and oxygen atoms in total.